The van der Waals surface area contributed by atoms with Crippen molar-refractivity contribution >= 4 is 0 Å². The number of methoxy groups -OCH3 is 1. The van der Waals surface area contributed by atoms with Gasteiger partial charge in [0.25, 0.3) is 0 Å². The summed E-state index contributed by atoms with van der Waals surface area (Å²) < 4.78 is 45.2. The van der Waals surface area contributed by atoms with E-state index in [0.717, 1.165) is 17.7 Å². The number of aliphatic hydroxyl groups is 1. The summed E-state index contributed by atoms with van der Waals surface area (Å²) in [7, 11) is 1.62. The van der Waals surface area contributed by atoms with Gasteiger partial charge in [-0.25, -0.2) is 0 Å². The van der Waals surface area contributed by atoms with Crippen molar-refractivity contribution in [1.82, 2.24) is 15.1 Å². The fourth-order valence-corrected chi connectivity index (χ4v) is 3.67. The largest absolute Gasteiger partial charge is 0.416 e. The molecule has 2 N–H and O–H groups in total. The molecule has 148 valence electrons. The maximum atomic E-state index is 12.8. The summed E-state index contributed by atoms with van der Waals surface area (Å²) >= 11 is 0. The Labute approximate surface area is 156 Å². The Bertz CT molecular complexity index is 760. The molecule has 1 saturated heterocycles. The van der Waals surface area contributed by atoms with Gasteiger partial charge in [0.1, 0.15) is 0 Å². The van der Waals surface area contributed by atoms with Crippen LogP contribution in [-0.4, -0.2) is 34.6 Å². The van der Waals surface area contributed by atoms with E-state index in [1.807, 2.05) is 13.1 Å². The molecule has 27 heavy (non-hydrogen) atoms. The zero-order valence-corrected chi connectivity index (χ0v) is 15.3. The molecule has 1 aliphatic heterocycles. The number of aromatic nitrogens is 2. The highest BCUT2D eigenvalue weighted by molar-refractivity contribution is 5.30. The van der Waals surface area contributed by atoms with Crippen LogP contribution in [0.1, 0.15) is 42.5 Å². The molecule has 0 bridgehead atoms. The molecule has 2 heterocycles. The Kier molecular flexibility index (Phi) is 5.60. The monoisotopic (exact) mass is 383 g/mol. The molecule has 0 radical (unpaired) electrons. The Balaban J connectivity index is 1.80. The number of benzene rings is 1. The van der Waals surface area contributed by atoms with E-state index in [2.05, 4.69) is 10.4 Å². The predicted molar refractivity (Wildman–Crippen MR) is 94.0 cm³/mol. The molecule has 0 aliphatic carbocycles. The lowest BCUT2D eigenvalue weighted by Crippen LogP contribution is -2.46. The number of nitrogens with zero attached hydrogens (tertiary/aromatic N) is 2. The summed E-state index contributed by atoms with van der Waals surface area (Å²) in [4.78, 5) is 0. The summed E-state index contributed by atoms with van der Waals surface area (Å²) in [5, 5.41) is 19.0. The molecule has 1 aliphatic rings. The predicted octanol–water partition coefficient (Wildman–Crippen LogP) is 3.25. The van der Waals surface area contributed by atoms with Crippen molar-refractivity contribution in [3.8, 4) is 0 Å². The maximum absolute atomic E-state index is 12.8. The number of halogens is 3. The quantitative estimate of drug-likeness (QED) is 0.832. The van der Waals surface area contributed by atoms with E-state index >= 15 is 0 Å². The van der Waals surface area contributed by atoms with Gasteiger partial charge in [0.15, 0.2) is 0 Å². The molecule has 0 amide bonds. The van der Waals surface area contributed by atoms with Gasteiger partial charge >= 0.3 is 6.18 Å². The molecule has 1 unspecified atom stereocenters. The maximum Gasteiger partial charge on any atom is 0.416 e. The third-order valence-electron chi connectivity index (χ3n) is 5.00. The van der Waals surface area contributed by atoms with Crippen LogP contribution in [0.5, 0.6) is 0 Å². The van der Waals surface area contributed by atoms with Crippen LogP contribution in [0, 0.1) is 0 Å². The van der Waals surface area contributed by atoms with Gasteiger partial charge in [-0.2, -0.15) is 18.3 Å². The molecular formula is C19H24F3N3O2. The van der Waals surface area contributed by atoms with Gasteiger partial charge in [0, 0.05) is 31.0 Å². The smallest absolute Gasteiger partial charge is 0.385 e. The molecule has 2 aromatic rings. The van der Waals surface area contributed by atoms with Gasteiger partial charge in [-0.1, -0.05) is 12.1 Å². The Morgan fingerprint density at radius 1 is 1.30 bits per heavy atom. The van der Waals surface area contributed by atoms with E-state index in [-0.39, 0.29) is 12.1 Å². The van der Waals surface area contributed by atoms with Crippen LogP contribution >= 0.6 is 0 Å². The van der Waals surface area contributed by atoms with Crippen molar-refractivity contribution in [3.05, 3.63) is 53.3 Å². The SMILES string of the molecule is COCCn1cc([C@@H]2CC(O)(c3ccc(C(F)(F)F)cc3)C[C@H](C)N2)cn1. The second-order valence-corrected chi connectivity index (χ2v) is 7.16. The normalized spacial score (nSPS) is 26.3. The molecule has 1 fully saturated rings. The van der Waals surface area contributed by atoms with E-state index in [4.69, 9.17) is 4.74 Å². The minimum Gasteiger partial charge on any atom is -0.385 e. The fourth-order valence-electron chi connectivity index (χ4n) is 3.67. The molecule has 3 atom stereocenters. The first-order chi connectivity index (χ1) is 12.7. The molecule has 3 rings (SSSR count). The highest BCUT2D eigenvalue weighted by Gasteiger charge is 2.40. The summed E-state index contributed by atoms with van der Waals surface area (Å²) in [6.45, 7) is 3.13. The van der Waals surface area contributed by atoms with Crippen LogP contribution in [0.15, 0.2) is 36.7 Å². The van der Waals surface area contributed by atoms with Crippen molar-refractivity contribution in [3.63, 3.8) is 0 Å². The molecule has 5 nitrogen and oxygen atoms in total. The van der Waals surface area contributed by atoms with Crippen LogP contribution < -0.4 is 5.32 Å². The van der Waals surface area contributed by atoms with Crippen molar-refractivity contribution in [1.29, 1.82) is 0 Å². The molecule has 0 spiro atoms. The third kappa shape index (κ3) is 4.51. The summed E-state index contributed by atoms with van der Waals surface area (Å²) in [5.41, 5.74) is -0.481. The summed E-state index contributed by atoms with van der Waals surface area (Å²) in [5.74, 6) is 0. The van der Waals surface area contributed by atoms with Crippen LogP contribution in [0.4, 0.5) is 13.2 Å². The van der Waals surface area contributed by atoms with Crippen LogP contribution in [0.25, 0.3) is 0 Å². The minimum absolute atomic E-state index is 0.00151. The molecule has 0 saturated carbocycles. The second kappa shape index (κ2) is 7.61. The highest BCUT2D eigenvalue weighted by atomic mass is 19.4. The number of hydrogen-bond donors (Lipinski definition) is 2. The number of alkyl halides is 3. The number of hydrogen-bond acceptors (Lipinski definition) is 4. The van der Waals surface area contributed by atoms with E-state index in [1.54, 1.807) is 18.0 Å². The standard InChI is InChI=1S/C19H24F3N3O2/c1-13-9-18(26,15-3-5-16(6-4-15)19(20,21)22)10-17(24-13)14-11-23-25(12-14)7-8-27-2/h3-6,11-13,17,24,26H,7-10H2,1-2H3/t13-,17-,18?/m0/s1. The van der Waals surface area contributed by atoms with Gasteiger partial charge in [-0.15, -0.1) is 0 Å². The van der Waals surface area contributed by atoms with Crippen molar-refractivity contribution in [2.24, 2.45) is 0 Å². The van der Waals surface area contributed by atoms with Gasteiger partial charge < -0.3 is 15.2 Å². The topological polar surface area (TPSA) is 59.3 Å². The average molecular weight is 383 g/mol. The van der Waals surface area contributed by atoms with E-state index in [9.17, 15) is 18.3 Å². The fraction of sp³-hybridized carbons (Fsp3) is 0.526. The summed E-state index contributed by atoms with van der Waals surface area (Å²) in [6, 6.07) is 4.66. The van der Waals surface area contributed by atoms with Crippen molar-refractivity contribution < 1.29 is 23.0 Å². The minimum atomic E-state index is -4.39. The molecular weight excluding hydrogens is 359 g/mol. The van der Waals surface area contributed by atoms with E-state index in [1.165, 1.54) is 12.1 Å². The number of ether oxygens (including phenoxy) is 1. The van der Waals surface area contributed by atoms with Gasteiger partial charge in [0.05, 0.1) is 30.5 Å². The zero-order chi connectivity index (χ0) is 19.7. The Morgan fingerprint density at radius 3 is 2.63 bits per heavy atom. The highest BCUT2D eigenvalue weighted by Crippen LogP contribution is 2.41. The first kappa shape index (κ1) is 19.9. The Morgan fingerprint density at radius 2 is 2.00 bits per heavy atom. The van der Waals surface area contributed by atoms with Crippen LogP contribution in [0.2, 0.25) is 0 Å². The van der Waals surface area contributed by atoms with Crippen molar-refractivity contribution in [2.75, 3.05) is 13.7 Å². The van der Waals surface area contributed by atoms with Gasteiger partial charge in [-0.05, 0) is 37.5 Å². The zero-order valence-electron chi connectivity index (χ0n) is 15.3. The van der Waals surface area contributed by atoms with Crippen LogP contribution in [0.3, 0.4) is 0 Å². The first-order valence-electron chi connectivity index (χ1n) is 8.89. The number of nitrogens with one attached hydrogen (secondary N) is 1. The summed E-state index contributed by atoms with van der Waals surface area (Å²) in [6.07, 6.45) is 0.0493. The lowest BCUT2D eigenvalue weighted by Gasteiger charge is -2.41. The second-order valence-electron chi connectivity index (χ2n) is 7.16. The van der Waals surface area contributed by atoms with E-state index < -0.39 is 17.3 Å². The average Bonchev–Trinajstić information content (AvgIpc) is 3.07. The molecule has 8 heteroatoms. The number of piperidine rings is 1. The van der Waals surface area contributed by atoms with E-state index in [0.29, 0.717) is 31.6 Å². The van der Waals surface area contributed by atoms with Crippen molar-refractivity contribution in [2.45, 2.75) is 50.2 Å². The Hall–Kier alpha value is -1.90. The third-order valence-corrected chi connectivity index (χ3v) is 5.00. The lowest BCUT2D eigenvalue weighted by atomic mass is 9.77. The lowest BCUT2D eigenvalue weighted by molar-refractivity contribution is -0.137. The van der Waals surface area contributed by atoms with Gasteiger partial charge in [0.2, 0.25) is 0 Å². The van der Waals surface area contributed by atoms with Crippen LogP contribution in [-0.2, 0) is 23.1 Å². The first-order valence-corrected chi connectivity index (χ1v) is 8.89. The molecule has 1 aromatic heterocycles. The van der Waals surface area contributed by atoms with Gasteiger partial charge in [-0.3, -0.25) is 4.68 Å². The molecule has 1 aromatic carbocycles. The number of rotatable bonds is 5.